The van der Waals surface area contributed by atoms with Crippen LogP contribution in [0.5, 0.6) is 0 Å². The molecule has 2 aromatic carbocycles. The molecule has 0 bridgehead atoms. The molecule has 0 radical (unpaired) electrons. The molecule has 144 valence electrons. The van der Waals surface area contributed by atoms with Gasteiger partial charge in [0.2, 0.25) is 11.8 Å². The molecule has 1 saturated heterocycles. The zero-order valence-electron chi connectivity index (χ0n) is 15.7. The summed E-state index contributed by atoms with van der Waals surface area (Å²) in [5, 5.41) is 0.677. The molecular formula is C23H23ClN2O2. The first-order valence-corrected chi connectivity index (χ1v) is 10.4. The van der Waals surface area contributed by atoms with Crippen LogP contribution >= 0.6 is 11.6 Å². The minimum absolute atomic E-state index is 0.0397. The van der Waals surface area contributed by atoms with Gasteiger partial charge < -0.3 is 9.80 Å². The van der Waals surface area contributed by atoms with Crippen LogP contribution in [0.25, 0.3) is 0 Å². The van der Waals surface area contributed by atoms with E-state index in [1.165, 1.54) is 5.56 Å². The summed E-state index contributed by atoms with van der Waals surface area (Å²) in [6, 6.07) is 15.8. The third kappa shape index (κ3) is 3.10. The van der Waals surface area contributed by atoms with E-state index in [2.05, 4.69) is 6.07 Å². The summed E-state index contributed by atoms with van der Waals surface area (Å²) in [5.41, 5.74) is 3.39. The maximum atomic E-state index is 13.5. The van der Waals surface area contributed by atoms with E-state index in [9.17, 15) is 9.59 Å². The molecule has 2 aromatic rings. The normalized spacial score (nSPS) is 22.5. The van der Waals surface area contributed by atoms with E-state index >= 15 is 0 Å². The molecule has 2 atom stereocenters. The van der Waals surface area contributed by atoms with Crippen molar-refractivity contribution >= 4 is 23.4 Å². The average Bonchev–Trinajstić information content (AvgIpc) is 3.53. The molecule has 2 fully saturated rings. The Bertz CT molecular complexity index is 925. The van der Waals surface area contributed by atoms with Crippen LogP contribution in [0.1, 0.15) is 41.5 Å². The highest BCUT2D eigenvalue weighted by atomic mass is 35.5. The monoisotopic (exact) mass is 394 g/mol. The highest BCUT2D eigenvalue weighted by molar-refractivity contribution is 6.30. The lowest BCUT2D eigenvalue weighted by Gasteiger charge is -2.45. The second kappa shape index (κ2) is 6.93. The Morgan fingerprint density at radius 2 is 1.89 bits per heavy atom. The lowest BCUT2D eigenvalue weighted by atomic mass is 9.88. The van der Waals surface area contributed by atoms with Gasteiger partial charge in [-0.05, 0) is 54.0 Å². The number of hydrogen-bond donors (Lipinski definition) is 0. The second-order valence-corrected chi connectivity index (χ2v) is 8.58. The van der Waals surface area contributed by atoms with E-state index < -0.39 is 0 Å². The van der Waals surface area contributed by atoms with Crippen LogP contribution in [-0.2, 0) is 16.0 Å². The highest BCUT2D eigenvalue weighted by Gasteiger charge is 2.44. The number of carbonyl (C=O) groups excluding carboxylic acids is 2. The van der Waals surface area contributed by atoms with Gasteiger partial charge in [-0.25, -0.2) is 0 Å². The minimum atomic E-state index is -0.136. The number of halogens is 1. The first-order chi connectivity index (χ1) is 13.6. The molecule has 0 aromatic heterocycles. The van der Waals surface area contributed by atoms with Crippen molar-refractivity contribution in [1.82, 2.24) is 9.80 Å². The summed E-state index contributed by atoms with van der Waals surface area (Å²) in [6.45, 7) is 1.44. The fourth-order valence-corrected chi connectivity index (χ4v) is 4.94. The van der Waals surface area contributed by atoms with Crippen molar-refractivity contribution in [2.45, 2.75) is 31.2 Å². The molecule has 2 amide bonds. The Morgan fingerprint density at radius 3 is 2.64 bits per heavy atom. The summed E-state index contributed by atoms with van der Waals surface area (Å²) in [4.78, 5) is 30.1. The quantitative estimate of drug-likeness (QED) is 0.794. The minimum Gasteiger partial charge on any atom is -0.332 e. The van der Waals surface area contributed by atoms with E-state index in [-0.39, 0.29) is 30.3 Å². The molecule has 3 aliphatic rings. The van der Waals surface area contributed by atoms with Crippen LogP contribution in [0.3, 0.4) is 0 Å². The fraction of sp³-hybridized carbons (Fsp3) is 0.391. The van der Waals surface area contributed by atoms with Crippen LogP contribution in [0.4, 0.5) is 0 Å². The number of benzene rings is 2. The number of piperazine rings is 1. The first-order valence-electron chi connectivity index (χ1n) is 10.0. The van der Waals surface area contributed by atoms with Gasteiger partial charge in [0.05, 0.1) is 18.5 Å². The Kier molecular flexibility index (Phi) is 4.39. The highest BCUT2D eigenvalue weighted by Crippen LogP contribution is 2.44. The molecular weight excluding hydrogens is 372 g/mol. The van der Waals surface area contributed by atoms with Crippen molar-refractivity contribution in [3.63, 3.8) is 0 Å². The Morgan fingerprint density at radius 1 is 1.11 bits per heavy atom. The van der Waals surface area contributed by atoms with Gasteiger partial charge in [0.1, 0.15) is 0 Å². The molecule has 0 N–H and O–H groups in total. The molecule has 5 heteroatoms. The molecule has 1 saturated carbocycles. The number of rotatable bonds is 3. The number of nitrogens with zero attached hydrogens (tertiary/aromatic N) is 2. The molecule has 2 heterocycles. The van der Waals surface area contributed by atoms with Crippen molar-refractivity contribution in [2.24, 2.45) is 5.92 Å². The van der Waals surface area contributed by atoms with E-state index in [0.29, 0.717) is 24.0 Å². The van der Waals surface area contributed by atoms with Gasteiger partial charge in [0.25, 0.3) is 0 Å². The van der Waals surface area contributed by atoms with Crippen LogP contribution in [0.15, 0.2) is 48.5 Å². The van der Waals surface area contributed by atoms with E-state index in [1.54, 1.807) is 4.90 Å². The molecule has 0 spiro atoms. The predicted molar refractivity (Wildman–Crippen MR) is 108 cm³/mol. The number of carbonyl (C=O) groups is 2. The Balaban J connectivity index is 1.45. The zero-order valence-corrected chi connectivity index (χ0v) is 16.4. The topological polar surface area (TPSA) is 40.6 Å². The van der Waals surface area contributed by atoms with Crippen LogP contribution < -0.4 is 0 Å². The van der Waals surface area contributed by atoms with Gasteiger partial charge >= 0.3 is 0 Å². The third-order valence-corrected chi connectivity index (χ3v) is 6.57. The lowest BCUT2D eigenvalue weighted by molar-refractivity contribution is -0.150. The van der Waals surface area contributed by atoms with Crippen LogP contribution in [0, 0.1) is 5.92 Å². The largest absolute Gasteiger partial charge is 0.332 e. The molecule has 2 unspecified atom stereocenters. The maximum absolute atomic E-state index is 13.5. The van der Waals surface area contributed by atoms with Crippen molar-refractivity contribution in [2.75, 3.05) is 19.6 Å². The van der Waals surface area contributed by atoms with Gasteiger partial charge in [-0.2, -0.15) is 0 Å². The van der Waals surface area contributed by atoms with E-state index in [1.807, 2.05) is 47.4 Å². The Labute approximate surface area is 170 Å². The third-order valence-electron chi connectivity index (χ3n) is 6.33. The summed E-state index contributed by atoms with van der Waals surface area (Å²) < 4.78 is 0. The van der Waals surface area contributed by atoms with Crippen molar-refractivity contribution < 1.29 is 9.59 Å². The summed E-state index contributed by atoms with van der Waals surface area (Å²) in [7, 11) is 0. The average molecular weight is 395 g/mol. The van der Waals surface area contributed by atoms with E-state index in [4.69, 9.17) is 11.6 Å². The predicted octanol–water partition coefficient (Wildman–Crippen LogP) is 3.80. The summed E-state index contributed by atoms with van der Waals surface area (Å²) in [5.74, 6) is 0.396. The van der Waals surface area contributed by atoms with Gasteiger partial charge in [0, 0.05) is 18.1 Å². The van der Waals surface area contributed by atoms with Gasteiger partial charge in [0.15, 0.2) is 0 Å². The van der Waals surface area contributed by atoms with Crippen molar-refractivity contribution in [1.29, 1.82) is 0 Å². The number of amides is 2. The van der Waals surface area contributed by atoms with Crippen LogP contribution in [0.2, 0.25) is 5.02 Å². The summed E-state index contributed by atoms with van der Waals surface area (Å²) in [6.07, 6.45) is 3.01. The van der Waals surface area contributed by atoms with Crippen LogP contribution in [-0.4, -0.2) is 41.2 Å². The molecule has 28 heavy (non-hydrogen) atoms. The lowest BCUT2D eigenvalue weighted by Crippen LogP contribution is -2.56. The van der Waals surface area contributed by atoms with Gasteiger partial charge in [-0.1, -0.05) is 48.0 Å². The molecule has 1 aliphatic carbocycles. The van der Waals surface area contributed by atoms with Crippen molar-refractivity contribution in [3.05, 3.63) is 70.2 Å². The SMILES string of the molecule is O=C(C(c1ccccc1)C1CC1)N1CC(=O)N2CCc3ccc(Cl)cc3C2C1. The summed E-state index contributed by atoms with van der Waals surface area (Å²) >= 11 is 6.24. The maximum Gasteiger partial charge on any atom is 0.242 e. The number of fused-ring (bicyclic) bond motifs is 3. The standard InChI is InChI=1S/C23H23ClN2O2/c24-18-9-8-15-10-11-26-20(19(15)12-18)13-25(14-21(26)27)23(28)22(17-6-7-17)16-4-2-1-3-5-16/h1-5,8-9,12,17,20,22H,6-7,10-11,13-14H2. The first kappa shape index (κ1) is 17.7. The molecule has 5 rings (SSSR count). The molecule has 2 aliphatic heterocycles. The Hall–Kier alpha value is -2.33. The fourth-order valence-electron chi connectivity index (χ4n) is 4.76. The number of hydrogen-bond acceptors (Lipinski definition) is 2. The second-order valence-electron chi connectivity index (χ2n) is 8.14. The molecule has 4 nitrogen and oxygen atoms in total. The van der Waals surface area contributed by atoms with Gasteiger partial charge in [-0.15, -0.1) is 0 Å². The van der Waals surface area contributed by atoms with Gasteiger partial charge in [-0.3, -0.25) is 9.59 Å². The zero-order chi connectivity index (χ0) is 19.3. The van der Waals surface area contributed by atoms with Crippen molar-refractivity contribution in [3.8, 4) is 0 Å². The van der Waals surface area contributed by atoms with E-state index in [0.717, 1.165) is 30.4 Å². The smallest absolute Gasteiger partial charge is 0.242 e.